The Labute approximate surface area is 212 Å². The van der Waals surface area contributed by atoms with E-state index in [1.54, 1.807) is 19.2 Å². The van der Waals surface area contributed by atoms with Gasteiger partial charge in [-0.3, -0.25) is 4.90 Å². The highest BCUT2D eigenvalue weighted by atomic mass is 35.5. The van der Waals surface area contributed by atoms with E-state index in [2.05, 4.69) is 40.7 Å². The lowest BCUT2D eigenvalue weighted by Gasteiger charge is -2.36. The molecule has 3 aromatic rings. The van der Waals surface area contributed by atoms with E-state index in [0.717, 1.165) is 74.6 Å². The van der Waals surface area contributed by atoms with E-state index in [4.69, 9.17) is 21.4 Å². The average Bonchev–Trinajstić information content (AvgIpc) is 3.20. The van der Waals surface area contributed by atoms with Crippen LogP contribution >= 0.6 is 11.6 Å². The van der Waals surface area contributed by atoms with Gasteiger partial charge in [-0.05, 0) is 55.4 Å². The Hall–Kier alpha value is -2.45. The van der Waals surface area contributed by atoms with Crippen molar-refractivity contribution in [3.8, 4) is 5.69 Å². The zero-order chi connectivity index (χ0) is 24.8. The van der Waals surface area contributed by atoms with Gasteiger partial charge in [0.1, 0.15) is 11.6 Å². The van der Waals surface area contributed by atoms with E-state index in [-0.39, 0.29) is 5.82 Å². The zero-order valence-electron chi connectivity index (χ0n) is 20.9. The van der Waals surface area contributed by atoms with E-state index < -0.39 is 0 Å². The third-order valence-corrected chi connectivity index (χ3v) is 6.91. The quantitative estimate of drug-likeness (QED) is 0.402. The Morgan fingerprint density at radius 1 is 1.00 bits per heavy atom. The van der Waals surface area contributed by atoms with Crippen LogP contribution in [0, 0.1) is 12.7 Å². The van der Waals surface area contributed by atoms with Crippen LogP contribution in [0.3, 0.4) is 0 Å². The second kappa shape index (κ2) is 12.0. The van der Waals surface area contributed by atoms with Crippen molar-refractivity contribution in [2.24, 2.45) is 0 Å². The highest BCUT2D eigenvalue weighted by Gasteiger charge is 2.26. The van der Waals surface area contributed by atoms with Crippen LogP contribution < -0.4 is 4.90 Å². The van der Waals surface area contributed by atoms with E-state index in [1.807, 2.05) is 16.8 Å². The molecule has 2 aromatic carbocycles. The minimum atomic E-state index is -0.246. The predicted molar refractivity (Wildman–Crippen MR) is 140 cm³/mol. The van der Waals surface area contributed by atoms with Crippen molar-refractivity contribution in [3.63, 3.8) is 0 Å². The lowest BCUT2D eigenvalue weighted by atomic mass is 10.1. The maximum Gasteiger partial charge on any atom is 0.137 e. The Morgan fingerprint density at radius 3 is 2.31 bits per heavy atom. The number of hydrogen-bond donors (Lipinski definition) is 0. The number of anilines is 1. The number of aromatic nitrogens is 2. The molecule has 1 aliphatic rings. The summed E-state index contributed by atoms with van der Waals surface area (Å²) in [4.78, 5) is 7.28. The first kappa shape index (κ1) is 25.6. The molecule has 188 valence electrons. The third-order valence-electron chi connectivity index (χ3n) is 6.66. The van der Waals surface area contributed by atoms with Gasteiger partial charge in [0.05, 0.1) is 18.0 Å². The monoisotopic (exact) mass is 499 g/mol. The first-order chi connectivity index (χ1) is 17.0. The Bertz CT molecular complexity index is 1080. The van der Waals surface area contributed by atoms with Gasteiger partial charge in [0.2, 0.25) is 0 Å². The van der Waals surface area contributed by atoms with Crippen LogP contribution in [0.25, 0.3) is 5.69 Å². The molecule has 0 saturated carbocycles. The van der Waals surface area contributed by atoms with Gasteiger partial charge in [0.15, 0.2) is 0 Å². The second-order valence-corrected chi connectivity index (χ2v) is 9.46. The molecule has 0 atom stereocenters. The fourth-order valence-corrected chi connectivity index (χ4v) is 4.73. The lowest BCUT2D eigenvalue weighted by Crippen LogP contribution is -2.47. The Balaban J connectivity index is 1.68. The molecule has 0 amide bonds. The normalized spacial score (nSPS) is 14.7. The van der Waals surface area contributed by atoms with Crippen molar-refractivity contribution in [2.45, 2.75) is 26.9 Å². The van der Waals surface area contributed by atoms with Gasteiger partial charge in [-0.25, -0.2) is 9.07 Å². The first-order valence-corrected chi connectivity index (χ1v) is 12.6. The fraction of sp³-hybridized carbons (Fsp3) is 0.444. The molecule has 0 spiro atoms. The number of ether oxygens (including phenoxy) is 1. The lowest BCUT2D eigenvalue weighted by molar-refractivity contribution is 0.140. The van der Waals surface area contributed by atoms with Crippen LogP contribution in [0.2, 0.25) is 5.02 Å². The van der Waals surface area contributed by atoms with Gasteiger partial charge in [0, 0.05) is 63.5 Å². The molecule has 0 aliphatic carbocycles. The topological polar surface area (TPSA) is 36.8 Å². The number of piperazine rings is 1. The summed E-state index contributed by atoms with van der Waals surface area (Å²) < 4.78 is 21.1. The molecule has 0 radical (unpaired) electrons. The maximum atomic E-state index is 13.7. The second-order valence-electron chi connectivity index (χ2n) is 9.03. The molecule has 0 N–H and O–H groups in total. The Morgan fingerprint density at radius 2 is 1.69 bits per heavy atom. The number of methoxy groups -OCH3 is 1. The Kier molecular flexibility index (Phi) is 8.78. The minimum Gasteiger partial charge on any atom is -0.383 e. The van der Waals surface area contributed by atoms with Crippen molar-refractivity contribution < 1.29 is 9.13 Å². The molecule has 8 heteroatoms. The standard InChI is InChI=1S/C27H35ClFN5O/c1-4-31-13-15-33(16-14-31)27-26(21(2)30-34(27)25-11-9-24(29)10-12-25)20-32(17-18-35-3)19-22-5-7-23(28)8-6-22/h5-12H,4,13-20H2,1-3H3. The molecule has 2 heterocycles. The smallest absolute Gasteiger partial charge is 0.137 e. The number of halogens is 2. The minimum absolute atomic E-state index is 0.246. The van der Waals surface area contributed by atoms with Gasteiger partial charge in [-0.15, -0.1) is 0 Å². The van der Waals surface area contributed by atoms with Gasteiger partial charge in [-0.1, -0.05) is 30.7 Å². The van der Waals surface area contributed by atoms with Gasteiger partial charge in [0.25, 0.3) is 0 Å². The summed E-state index contributed by atoms with van der Waals surface area (Å²) in [5.41, 5.74) is 4.26. The summed E-state index contributed by atoms with van der Waals surface area (Å²) in [7, 11) is 1.73. The van der Waals surface area contributed by atoms with Crippen molar-refractivity contribution in [2.75, 3.05) is 57.9 Å². The maximum absolute atomic E-state index is 13.7. The summed E-state index contributed by atoms with van der Waals surface area (Å²) in [6.07, 6.45) is 0. The highest BCUT2D eigenvalue weighted by Crippen LogP contribution is 2.30. The number of rotatable bonds is 10. The molecular formula is C27H35ClFN5O. The van der Waals surface area contributed by atoms with Crippen LogP contribution in [0.5, 0.6) is 0 Å². The molecule has 6 nitrogen and oxygen atoms in total. The predicted octanol–water partition coefficient (Wildman–Crippen LogP) is 4.76. The molecule has 4 rings (SSSR count). The molecular weight excluding hydrogens is 465 g/mol. The highest BCUT2D eigenvalue weighted by molar-refractivity contribution is 6.30. The molecule has 0 bridgehead atoms. The summed E-state index contributed by atoms with van der Waals surface area (Å²) in [5, 5.41) is 5.68. The number of aryl methyl sites for hydroxylation is 1. The van der Waals surface area contributed by atoms with E-state index >= 15 is 0 Å². The molecule has 35 heavy (non-hydrogen) atoms. The van der Waals surface area contributed by atoms with Crippen LogP contribution in [-0.4, -0.2) is 72.6 Å². The summed E-state index contributed by atoms with van der Waals surface area (Å²) in [6.45, 7) is 12.2. The summed E-state index contributed by atoms with van der Waals surface area (Å²) >= 11 is 6.10. The number of likely N-dealkylation sites (N-methyl/N-ethyl adjacent to an activating group) is 1. The van der Waals surface area contributed by atoms with Gasteiger partial charge < -0.3 is 14.5 Å². The number of benzene rings is 2. The molecule has 0 unspecified atom stereocenters. The van der Waals surface area contributed by atoms with E-state index in [1.165, 1.54) is 23.3 Å². The van der Waals surface area contributed by atoms with Crippen molar-refractivity contribution in [1.29, 1.82) is 0 Å². The van der Waals surface area contributed by atoms with Crippen LogP contribution in [0.4, 0.5) is 10.2 Å². The summed E-state index contributed by atoms with van der Waals surface area (Å²) in [6, 6.07) is 14.6. The SMILES string of the molecule is CCN1CCN(c2c(CN(CCOC)Cc3ccc(Cl)cc3)c(C)nn2-c2ccc(F)cc2)CC1. The fourth-order valence-electron chi connectivity index (χ4n) is 4.60. The van der Waals surface area contributed by atoms with Crippen molar-refractivity contribution in [1.82, 2.24) is 19.6 Å². The van der Waals surface area contributed by atoms with Crippen LogP contribution in [-0.2, 0) is 17.8 Å². The van der Waals surface area contributed by atoms with Crippen molar-refractivity contribution >= 4 is 17.4 Å². The molecule has 1 aliphatic heterocycles. The number of nitrogens with zero attached hydrogens (tertiary/aromatic N) is 5. The molecule has 1 saturated heterocycles. The van der Waals surface area contributed by atoms with Crippen LogP contribution in [0.1, 0.15) is 23.7 Å². The van der Waals surface area contributed by atoms with E-state index in [0.29, 0.717) is 6.61 Å². The molecule has 1 fully saturated rings. The van der Waals surface area contributed by atoms with Gasteiger partial charge >= 0.3 is 0 Å². The van der Waals surface area contributed by atoms with Gasteiger partial charge in [-0.2, -0.15) is 5.10 Å². The zero-order valence-corrected chi connectivity index (χ0v) is 21.6. The van der Waals surface area contributed by atoms with E-state index in [9.17, 15) is 4.39 Å². The third kappa shape index (κ3) is 6.41. The van der Waals surface area contributed by atoms with Crippen LogP contribution in [0.15, 0.2) is 48.5 Å². The first-order valence-electron chi connectivity index (χ1n) is 12.3. The summed E-state index contributed by atoms with van der Waals surface area (Å²) in [5.74, 6) is 0.855. The average molecular weight is 500 g/mol. The largest absolute Gasteiger partial charge is 0.383 e. The number of hydrogen-bond acceptors (Lipinski definition) is 5. The van der Waals surface area contributed by atoms with Crippen molar-refractivity contribution in [3.05, 3.63) is 76.2 Å². The molecule has 1 aromatic heterocycles.